The molecule has 0 radical (unpaired) electrons. The zero-order chi connectivity index (χ0) is 11.4. The first kappa shape index (κ1) is 12.0. The standard InChI is InChI=1S/C10H13N3S3/c1-2-8(11)9(7-3-4-14-5-7)16-10-13-12-6-15-10/h3-6,8-9H,2,11H2,1H3. The molecule has 6 heteroatoms. The van der Waals surface area contributed by atoms with E-state index in [1.807, 2.05) is 0 Å². The van der Waals surface area contributed by atoms with Gasteiger partial charge in [0.1, 0.15) is 5.51 Å². The quantitative estimate of drug-likeness (QED) is 0.849. The van der Waals surface area contributed by atoms with Gasteiger partial charge < -0.3 is 5.73 Å². The van der Waals surface area contributed by atoms with Crippen LogP contribution in [0.1, 0.15) is 24.2 Å². The maximum atomic E-state index is 6.17. The van der Waals surface area contributed by atoms with E-state index in [0.717, 1.165) is 10.8 Å². The Morgan fingerprint density at radius 3 is 3.00 bits per heavy atom. The summed E-state index contributed by atoms with van der Waals surface area (Å²) in [6, 6.07) is 2.29. The molecule has 0 saturated carbocycles. The van der Waals surface area contributed by atoms with Crippen LogP contribution in [0.15, 0.2) is 26.7 Å². The van der Waals surface area contributed by atoms with Crippen molar-refractivity contribution in [3.05, 3.63) is 27.9 Å². The molecule has 2 atom stereocenters. The van der Waals surface area contributed by atoms with E-state index < -0.39 is 0 Å². The molecule has 2 aromatic rings. The smallest absolute Gasteiger partial charge is 0.174 e. The van der Waals surface area contributed by atoms with E-state index in [9.17, 15) is 0 Å². The zero-order valence-corrected chi connectivity index (χ0v) is 11.3. The fraction of sp³-hybridized carbons (Fsp3) is 0.400. The molecular formula is C10H13N3S3. The van der Waals surface area contributed by atoms with Gasteiger partial charge in [-0.15, -0.1) is 10.2 Å². The van der Waals surface area contributed by atoms with Crippen molar-refractivity contribution in [2.45, 2.75) is 29.0 Å². The molecule has 86 valence electrons. The maximum absolute atomic E-state index is 6.17. The van der Waals surface area contributed by atoms with Crippen LogP contribution in [0.2, 0.25) is 0 Å². The summed E-state index contributed by atoms with van der Waals surface area (Å²) in [6.45, 7) is 2.12. The van der Waals surface area contributed by atoms with Gasteiger partial charge >= 0.3 is 0 Å². The molecule has 0 amide bonds. The SMILES string of the molecule is CCC(N)C(Sc1nncs1)c1ccsc1. The Bertz CT molecular complexity index is 399. The van der Waals surface area contributed by atoms with Crippen molar-refractivity contribution in [2.75, 3.05) is 0 Å². The monoisotopic (exact) mass is 271 g/mol. The third kappa shape index (κ3) is 2.82. The number of thioether (sulfide) groups is 1. The third-order valence-electron chi connectivity index (χ3n) is 2.30. The average molecular weight is 271 g/mol. The Morgan fingerprint density at radius 1 is 1.56 bits per heavy atom. The second-order valence-corrected chi connectivity index (χ2v) is 6.37. The number of nitrogens with two attached hydrogens (primary N) is 1. The molecule has 3 nitrogen and oxygen atoms in total. The van der Waals surface area contributed by atoms with Crippen LogP contribution >= 0.6 is 34.4 Å². The molecule has 0 aliphatic carbocycles. The normalized spacial score (nSPS) is 14.9. The van der Waals surface area contributed by atoms with Gasteiger partial charge in [-0.25, -0.2) is 0 Å². The molecule has 2 aromatic heterocycles. The summed E-state index contributed by atoms with van der Waals surface area (Å²) < 4.78 is 0.986. The molecule has 2 rings (SSSR count). The van der Waals surface area contributed by atoms with E-state index in [1.54, 1.807) is 39.9 Å². The fourth-order valence-electron chi connectivity index (χ4n) is 1.38. The summed E-state index contributed by atoms with van der Waals surface area (Å²) in [5.74, 6) is 0. The van der Waals surface area contributed by atoms with Crippen molar-refractivity contribution in [3.8, 4) is 0 Å². The number of rotatable bonds is 5. The van der Waals surface area contributed by atoms with E-state index in [-0.39, 0.29) is 11.3 Å². The molecule has 0 bridgehead atoms. The summed E-state index contributed by atoms with van der Waals surface area (Å²) in [7, 11) is 0. The fourth-order valence-corrected chi connectivity index (χ4v) is 4.06. The van der Waals surface area contributed by atoms with Crippen molar-refractivity contribution in [3.63, 3.8) is 0 Å². The molecule has 0 aliphatic heterocycles. The van der Waals surface area contributed by atoms with Crippen LogP contribution in [-0.4, -0.2) is 16.2 Å². The second-order valence-electron chi connectivity index (χ2n) is 3.37. The number of nitrogens with zero attached hydrogens (tertiary/aromatic N) is 2. The highest BCUT2D eigenvalue weighted by atomic mass is 32.2. The first-order valence-corrected chi connectivity index (χ1v) is 7.72. The Morgan fingerprint density at radius 2 is 2.44 bits per heavy atom. The van der Waals surface area contributed by atoms with Gasteiger partial charge in [-0.05, 0) is 28.8 Å². The lowest BCUT2D eigenvalue weighted by Crippen LogP contribution is -2.25. The summed E-state index contributed by atoms with van der Waals surface area (Å²) in [5, 5.41) is 12.4. The average Bonchev–Trinajstić information content (AvgIpc) is 2.97. The lowest BCUT2D eigenvalue weighted by molar-refractivity contribution is 0.635. The van der Waals surface area contributed by atoms with Crippen molar-refractivity contribution in [1.29, 1.82) is 0 Å². The number of aromatic nitrogens is 2. The molecule has 0 spiro atoms. The molecule has 0 saturated heterocycles. The van der Waals surface area contributed by atoms with Crippen LogP contribution in [0.3, 0.4) is 0 Å². The molecule has 0 fully saturated rings. The molecule has 0 aromatic carbocycles. The summed E-state index contributed by atoms with van der Waals surface area (Å²) in [4.78, 5) is 0. The molecule has 2 N–H and O–H groups in total. The third-order valence-corrected chi connectivity index (χ3v) is 5.22. The van der Waals surface area contributed by atoms with E-state index in [4.69, 9.17) is 5.73 Å². The second kappa shape index (κ2) is 5.77. The molecule has 2 unspecified atom stereocenters. The highest BCUT2D eigenvalue weighted by Crippen LogP contribution is 2.39. The first-order valence-electron chi connectivity index (χ1n) is 5.01. The van der Waals surface area contributed by atoms with Crippen LogP contribution in [0.4, 0.5) is 0 Å². The highest BCUT2D eigenvalue weighted by molar-refractivity contribution is 8.01. The van der Waals surface area contributed by atoms with Crippen LogP contribution in [0.5, 0.6) is 0 Å². The predicted octanol–water partition coefficient (Wildman–Crippen LogP) is 3.17. The van der Waals surface area contributed by atoms with Gasteiger partial charge in [0.25, 0.3) is 0 Å². The van der Waals surface area contributed by atoms with Crippen LogP contribution < -0.4 is 5.73 Å². The Labute approximate surface area is 107 Å². The first-order chi connectivity index (χ1) is 7.81. The minimum absolute atomic E-state index is 0.156. The lowest BCUT2D eigenvalue weighted by atomic mass is 10.1. The van der Waals surface area contributed by atoms with E-state index >= 15 is 0 Å². The van der Waals surface area contributed by atoms with Crippen molar-refractivity contribution < 1.29 is 0 Å². The van der Waals surface area contributed by atoms with Gasteiger partial charge in [0.2, 0.25) is 0 Å². The predicted molar refractivity (Wildman–Crippen MR) is 71.1 cm³/mol. The Hall–Kier alpha value is -0.430. The number of hydrogen-bond donors (Lipinski definition) is 1. The summed E-state index contributed by atoms with van der Waals surface area (Å²) in [5.41, 5.74) is 9.21. The van der Waals surface area contributed by atoms with Crippen molar-refractivity contribution in [2.24, 2.45) is 5.73 Å². The molecule has 0 aliphatic rings. The Balaban J connectivity index is 2.15. The van der Waals surface area contributed by atoms with Gasteiger partial charge in [0.05, 0.1) is 5.25 Å². The zero-order valence-electron chi connectivity index (χ0n) is 8.87. The molecule has 16 heavy (non-hydrogen) atoms. The van der Waals surface area contributed by atoms with E-state index in [2.05, 4.69) is 33.9 Å². The van der Waals surface area contributed by atoms with E-state index in [1.165, 1.54) is 5.56 Å². The maximum Gasteiger partial charge on any atom is 0.174 e. The highest BCUT2D eigenvalue weighted by Gasteiger charge is 2.21. The molecule has 2 heterocycles. The summed E-state index contributed by atoms with van der Waals surface area (Å²) >= 11 is 4.98. The number of hydrogen-bond acceptors (Lipinski definition) is 6. The molecular weight excluding hydrogens is 258 g/mol. The minimum atomic E-state index is 0.156. The summed E-state index contributed by atoms with van der Waals surface area (Å²) in [6.07, 6.45) is 0.965. The van der Waals surface area contributed by atoms with Gasteiger partial charge in [-0.1, -0.05) is 30.0 Å². The Kier molecular flexibility index (Phi) is 4.34. The van der Waals surface area contributed by atoms with Gasteiger partial charge in [0.15, 0.2) is 4.34 Å². The van der Waals surface area contributed by atoms with Crippen LogP contribution in [0.25, 0.3) is 0 Å². The minimum Gasteiger partial charge on any atom is -0.326 e. The topological polar surface area (TPSA) is 51.8 Å². The van der Waals surface area contributed by atoms with Gasteiger partial charge in [-0.2, -0.15) is 11.3 Å². The van der Waals surface area contributed by atoms with Gasteiger partial charge in [-0.3, -0.25) is 0 Å². The van der Waals surface area contributed by atoms with Crippen molar-refractivity contribution >= 4 is 34.4 Å². The largest absolute Gasteiger partial charge is 0.326 e. The number of thiophene rings is 1. The van der Waals surface area contributed by atoms with Crippen molar-refractivity contribution in [1.82, 2.24) is 10.2 Å². The van der Waals surface area contributed by atoms with E-state index in [0.29, 0.717) is 0 Å². The van der Waals surface area contributed by atoms with Crippen LogP contribution in [0, 0.1) is 0 Å². The lowest BCUT2D eigenvalue weighted by Gasteiger charge is -2.20. The van der Waals surface area contributed by atoms with Gasteiger partial charge in [0, 0.05) is 6.04 Å². The van der Waals surface area contributed by atoms with Crippen LogP contribution in [-0.2, 0) is 0 Å².